The number of carbonyl (C=O) groups is 1. The Labute approximate surface area is 149 Å². The topological polar surface area (TPSA) is 45.5 Å². The van der Waals surface area contributed by atoms with Crippen molar-refractivity contribution in [3.63, 3.8) is 0 Å². The van der Waals surface area contributed by atoms with E-state index in [4.69, 9.17) is 4.42 Å². The summed E-state index contributed by atoms with van der Waals surface area (Å²) in [6.07, 6.45) is 12.7. The molecule has 25 heavy (non-hydrogen) atoms. The monoisotopic (exact) mass is 340 g/mol. The standard InChI is InChI=1S/C21H28N2O2/c24-20(15-5-9-23(10-6-15)14-18-2-1-11-25-18)22-13-16-12-17-3-4-19(16)21(17)7-8-21/h1-4,11,15-17,19H,5-10,12-14H2,(H,22,24)/t16-,17-,19-/m1/s1. The molecule has 0 unspecified atom stereocenters. The van der Waals surface area contributed by atoms with E-state index in [1.54, 1.807) is 6.26 Å². The van der Waals surface area contributed by atoms with Crippen LogP contribution >= 0.6 is 0 Å². The van der Waals surface area contributed by atoms with Crippen molar-refractivity contribution in [2.24, 2.45) is 29.1 Å². The van der Waals surface area contributed by atoms with Gasteiger partial charge in [0.05, 0.1) is 12.8 Å². The van der Waals surface area contributed by atoms with Crippen LogP contribution in [0.25, 0.3) is 0 Å². The Morgan fingerprint density at radius 3 is 2.80 bits per heavy atom. The number of hydrogen-bond donors (Lipinski definition) is 1. The number of amides is 1. The van der Waals surface area contributed by atoms with Crippen LogP contribution in [0.1, 0.15) is 37.9 Å². The summed E-state index contributed by atoms with van der Waals surface area (Å²) in [5.41, 5.74) is 0.632. The molecule has 2 bridgehead atoms. The number of likely N-dealkylation sites (tertiary alicyclic amines) is 1. The van der Waals surface area contributed by atoms with Crippen molar-refractivity contribution in [3.05, 3.63) is 36.3 Å². The second kappa shape index (κ2) is 6.01. The molecule has 2 saturated carbocycles. The molecule has 134 valence electrons. The number of piperidine rings is 1. The highest BCUT2D eigenvalue weighted by atomic mass is 16.3. The first-order valence-corrected chi connectivity index (χ1v) is 9.95. The number of rotatable bonds is 5. The van der Waals surface area contributed by atoms with Gasteiger partial charge in [0, 0.05) is 12.5 Å². The Morgan fingerprint density at radius 1 is 1.28 bits per heavy atom. The van der Waals surface area contributed by atoms with Gasteiger partial charge in [-0.3, -0.25) is 9.69 Å². The Balaban J connectivity index is 1.08. The van der Waals surface area contributed by atoms with Gasteiger partial charge in [-0.2, -0.15) is 0 Å². The zero-order chi connectivity index (χ0) is 16.9. The molecule has 4 aliphatic rings. The van der Waals surface area contributed by atoms with Crippen LogP contribution in [0.15, 0.2) is 35.0 Å². The van der Waals surface area contributed by atoms with Gasteiger partial charge in [-0.25, -0.2) is 0 Å². The van der Waals surface area contributed by atoms with Gasteiger partial charge in [-0.1, -0.05) is 12.2 Å². The molecule has 1 amide bonds. The lowest BCUT2D eigenvalue weighted by Crippen LogP contribution is -2.41. The van der Waals surface area contributed by atoms with Gasteiger partial charge in [0.15, 0.2) is 0 Å². The lowest BCUT2D eigenvalue weighted by Gasteiger charge is -2.31. The fraction of sp³-hybridized carbons (Fsp3) is 0.667. The highest BCUT2D eigenvalue weighted by molar-refractivity contribution is 5.78. The van der Waals surface area contributed by atoms with Crippen molar-refractivity contribution in [2.75, 3.05) is 19.6 Å². The zero-order valence-electron chi connectivity index (χ0n) is 14.8. The molecule has 0 aromatic carbocycles. The first-order valence-electron chi connectivity index (χ1n) is 9.95. The molecule has 4 nitrogen and oxygen atoms in total. The van der Waals surface area contributed by atoms with Crippen molar-refractivity contribution in [3.8, 4) is 0 Å². The maximum atomic E-state index is 12.6. The summed E-state index contributed by atoms with van der Waals surface area (Å²) in [5.74, 6) is 3.73. The molecular formula is C21H28N2O2. The molecular weight excluding hydrogens is 312 g/mol. The van der Waals surface area contributed by atoms with Gasteiger partial charge in [-0.05, 0) is 80.5 Å². The summed E-state index contributed by atoms with van der Waals surface area (Å²) in [4.78, 5) is 15.0. The summed E-state index contributed by atoms with van der Waals surface area (Å²) >= 11 is 0. The second-order valence-electron chi connectivity index (χ2n) is 8.62. The average Bonchev–Trinajstić information content (AvgIpc) is 3.00. The summed E-state index contributed by atoms with van der Waals surface area (Å²) in [5, 5.41) is 3.30. The maximum Gasteiger partial charge on any atom is 0.223 e. The first-order chi connectivity index (χ1) is 12.2. The van der Waals surface area contributed by atoms with E-state index in [9.17, 15) is 4.79 Å². The number of nitrogens with one attached hydrogen (secondary N) is 1. The molecule has 1 aliphatic heterocycles. The van der Waals surface area contributed by atoms with Gasteiger partial charge in [0.1, 0.15) is 5.76 Å². The minimum Gasteiger partial charge on any atom is -0.468 e. The van der Waals surface area contributed by atoms with Gasteiger partial charge in [0.2, 0.25) is 5.91 Å². The van der Waals surface area contributed by atoms with Crippen molar-refractivity contribution >= 4 is 5.91 Å². The van der Waals surface area contributed by atoms with Crippen LogP contribution in [0.5, 0.6) is 0 Å². The molecule has 3 aliphatic carbocycles. The van der Waals surface area contributed by atoms with E-state index in [0.29, 0.717) is 11.3 Å². The summed E-state index contributed by atoms with van der Waals surface area (Å²) < 4.78 is 5.43. The fourth-order valence-electron chi connectivity index (χ4n) is 5.71. The first kappa shape index (κ1) is 15.7. The molecule has 4 heteroatoms. The maximum absolute atomic E-state index is 12.6. The molecule has 1 spiro atoms. The molecule has 5 rings (SSSR count). The predicted molar refractivity (Wildman–Crippen MR) is 95.6 cm³/mol. The zero-order valence-corrected chi connectivity index (χ0v) is 14.8. The van der Waals surface area contributed by atoms with Crippen LogP contribution in [-0.2, 0) is 11.3 Å². The molecule has 1 N–H and O–H groups in total. The van der Waals surface area contributed by atoms with Crippen molar-refractivity contribution < 1.29 is 9.21 Å². The minimum atomic E-state index is 0.192. The third-order valence-corrected chi connectivity index (χ3v) is 7.30. The van der Waals surface area contributed by atoms with Crippen LogP contribution < -0.4 is 5.32 Å². The molecule has 1 aromatic heterocycles. The number of nitrogens with zero attached hydrogens (tertiary/aromatic N) is 1. The van der Waals surface area contributed by atoms with Crippen LogP contribution in [-0.4, -0.2) is 30.4 Å². The quantitative estimate of drug-likeness (QED) is 0.837. The van der Waals surface area contributed by atoms with E-state index in [1.165, 1.54) is 19.3 Å². The molecule has 2 heterocycles. The largest absolute Gasteiger partial charge is 0.468 e. The number of allylic oxidation sites excluding steroid dienone is 2. The van der Waals surface area contributed by atoms with Crippen LogP contribution in [0.2, 0.25) is 0 Å². The van der Waals surface area contributed by atoms with Gasteiger partial charge in [-0.15, -0.1) is 0 Å². The third-order valence-electron chi connectivity index (χ3n) is 7.30. The van der Waals surface area contributed by atoms with Crippen LogP contribution in [0, 0.1) is 29.1 Å². The molecule has 1 saturated heterocycles. The van der Waals surface area contributed by atoms with Crippen LogP contribution in [0.3, 0.4) is 0 Å². The molecule has 3 fully saturated rings. The summed E-state index contributed by atoms with van der Waals surface area (Å²) in [6, 6.07) is 3.96. The van der Waals surface area contributed by atoms with Gasteiger partial charge < -0.3 is 9.73 Å². The van der Waals surface area contributed by atoms with E-state index >= 15 is 0 Å². The van der Waals surface area contributed by atoms with E-state index in [1.807, 2.05) is 12.1 Å². The Morgan fingerprint density at radius 2 is 2.12 bits per heavy atom. The number of carbonyl (C=O) groups excluding carboxylic acids is 1. The van der Waals surface area contributed by atoms with Crippen molar-refractivity contribution in [1.82, 2.24) is 10.2 Å². The average molecular weight is 340 g/mol. The SMILES string of the molecule is O=C(NC[C@H]1C[C@H]2C=C[C@H]1C21CC1)C1CCN(Cc2ccco2)CC1. The van der Waals surface area contributed by atoms with Gasteiger partial charge >= 0.3 is 0 Å². The minimum absolute atomic E-state index is 0.192. The molecule has 1 aromatic rings. The highest BCUT2D eigenvalue weighted by Gasteiger charge is 2.62. The lowest BCUT2D eigenvalue weighted by atomic mass is 9.88. The number of hydrogen-bond acceptors (Lipinski definition) is 3. The van der Waals surface area contributed by atoms with Crippen LogP contribution in [0.4, 0.5) is 0 Å². The van der Waals surface area contributed by atoms with E-state index < -0.39 is 0 Å². The smallest absolute Gasteiger partial charge is 0.223 e. The third kappa shape index (κ3) is 2.75. The van der Waals surface area contributed by atoms with Gasteiger partial charge in [0.25, 0.3) is 0 Å². The fourth-order valence-corrected chi connectivity index (χ4v) is 5.71. The van der Waals surface area contributed by atoms with E-state index in [-0.39, 0.29) is 11.8 Å². The summed E-state index contributed by atoms with van der Waals surface area (Å²) in [7, 11) is 0. The lowest BCUT2D eigenvalue weighted by molar-refractivity contribution is -0.126. The second-order valence-corrected chi connectivity index (χ2v) is 8.62. The normalized spacial score (nSPS) is 33.2. The Hall–Kier alpha value is -1.55. The Kier molecular flexibility index (Phi) is 3.77. The summed E-state index contributed by atoms with van der Waals surface area (Å²) in [6.45, 7) is 3.72. The van der Waals surface area contributed by atoms with E-state index in [0.717, 1.165) is 56.6 Å². The Bertz CT molecular complexity index is 653. The molecule has 3 atom stereocenters. The highest BCUT2D eigenvalue weighted by Crippen LogP contribution is 2.69. The number of furan rings is 1. The van der Waals surface area contributed by atoms with Crippen molar-refractivity contribution in [1.29, 1.82) is 0 Å². The van der Waals surface area contributed by atoms with Crippen molar-refractivity contribution in [2.45, 2.75) is 38.6 Å². The van der Waals surface area contributed by atoms with E-state index in [2.05, 4.69) is 22.4 Å². The molecule has 0 radical (unpaired) electrons. The predicted octanol–water partition coefficient (Wildman–Crippen LogP) is 3.21.